The number of anilines is 2. The molecule has 1 atom stereocenters. The summed E-state index contributed by atoms with van der Waals surface area (Å²) >= 11 is 0. The van der Waals surface area contributed by atoms with Crippen molar-refractivity contribution < 1.29 is 4.79 Å². The van der Waals surface area contributed by atoms with Crippen LogP contribution in [0, 0.1) is 0 Å². The molecule has 1 aromatic rings. The molecule has 6 nitrogen and oxygen atoms in total. The van der Waals surface area contributed by atoms with E-state index in [1.807, 2.05) is 0 Å². The van der Waals surface area contributed by atoms with Crippen molar-refractivity contribution in [1.82, 2.24) is 15.3 Å². The van der Waals surface area contributed by atoms with Gasteiger partial charge < -0.3 is 16.0 Å². The molecule has 1 aliphatic heterocycles. The molecule has 2 heterocycles. The van der Waals surface area contributed by atoms with Crippen LogP contribution in [0.25, 0.3) is 0 Å². The van der Waals surface area contributed by atoms with Gasteiger partial charge in [-0.2, -0.15) is 0 Å². The van der Waals surface area contributed by atoms with Gasteiger partial charge in [-0.15, -0.1) is 0 Å². The van der Waals surface area contributed by atoms with Gasteiger partial charge in [0.25, 0.3) is 0 Å². The van der Waals surface area contributed by atoms with Crippen molar-refractivity contribution in [2.45, 2.75) is 45.1 Å². The third-order valence-electron chi connectivity index (χ3n) is 3.60. The first-order valence-electron chi connectivity index (χ1n) is 7.27. The molecule has 20 heavy (non-hydrogen) atoms. The molecule has 1 fully saturated rings. The van der Waals surface area contributed by atoms with Gasteiger partial charge in [-0.25, -0.2) is 9.97 Å². The van der Waals surface area contributed by atoms with Crippen molar-refractivity contribution in [1.29, 1.82) is 0 Å². The van der Waals surface area contributed by atoms with Crippen LogP contribution in [0.3, 0.4) is 0 Å². The predicted molar refractivity (Wildman–Crippen MR) is 79.5 cm³/mol. The Morgan fingerprint density at radius 2 is 2.30 bits per heavy atom. The molecule has 3 N–H and O–H groups in total. The highest BCUT2D eigenvalue weighted by Gasteiger charge is 2.29. The summed E-state index contributed by atoms with van der Waals surface area (Å²) in [6, 6.07) is 1.61. The molecule has 6 heteroatoms. The largest absolute Gasteiger partial charge is 0.384 e. The number of likely N-dealkylation sites (N-methyl/N-ethyl adjacent to an activating group) is 1. The number of nitrogens with zero attached hydrogens (tertiary/aromatic N) is 3. The molecule has 0 saturated carbocycles. The summed E-state index contributed by atoms with van der Waals surface area (Å²) in [5.74, 6) is 2.04. The van der Waals surface area contributed by atoms with Crippen molar-refractivity contribution in [2.75, 3.05) is 24.2 Å². The van der Waals surface area contributed by atoms with Gasteiger partial charge in [-0.3, -0.25) is 4.79 Å². The third kappa shape index (κ3) is 3.18. The Bertz CT molecular complexity index is 477. The van der Waals surface area contributed by atoms with E-state index in [0.29, 0.717) is 5.82 Å². The van der Waals surface area contributed by atoms with Gasteiger partial charge in [-0.1, -0.05) is 6.92 Å². The first-order chi connectivity index (χ1) is 9.65. The molecule has 1 aliphatic rings. The molecule has 0 bridgehead atoms. The highest BCUT2D eigenvalue weighted by atomic mass is 16.2. The van der Waals surface area contributed by atoms with Crippen molar-refractivity contribution in [3.8, 4) is 0 Å². The van der Waals surface area contributed by atoms with Crippen LogP contribution in [0.15, 0.2) is 6.07 Å². The molecule has 0 aromatic carbocycles. The lowest BCUT2D eigenvalue weighted by molar-refractivity contribution is -0.122. The summed E-state index contributed by atoms with van der Waals surface area (Å²) in [5.41, 5.74) is 5.87. The second-order valence-electron chi connectivity index (χ2n) is 5.14. The minimum atomic E-state index is -0.155. The SMILES string of the molecule is CCCc1nc(N)cc(N2CCCCC2C(=O)NC)n1. The van der Waals surface area contributed by atoms with E-state index in [1.165, 1.54) is 0 Å². The molecule has 2 rings (SSSR count). The number of carbonyl (C=O) groups excluding carboxylic acids is 1. The van der Waals surface area contributed by atoms with Crippen LogP contribution in [0.2, 0.25) is 0 Å². The Labute approximate surface area is 119 Å². The average Bonchev–Trinajstić information content (AvgIpc) is 2.46. The van der Waals surface area contributed by atoms with Gasteiger partial charge in [0, 0.05) is 26.1 Å². The zero-order valence-electron chi connectivity index (χ0n) is 12.2. The first-order valence-corrected chi connectivity index (χ1v) is 7.27. The number of amides is 1. The Balaban J connectivity index is 2.29. The minimum absolute atomic E-state index is 0.0407. The Morgan fingerprint density at radius 3 is 3.00 bits per heavy atom. The summed E-state index contributed by atoms with van der Waals surface area (Å²) in [6.45, 7) is 2.92. The molecule has 0 aliphatic carbocycles. The van der Waals surface area contributed by atoms with E-state index in [0.717, 1.165) is 50.3 Å². The zero-order chi connectivity index (χ0) is 14.5. The maximum Gasteiger partial charge on any atom is 0.242 e. The van der Waals surface area contributed by atoms with Gasteiger partial charge in [0.15, 0.2) is 0 Å². The molecule has 0 spiro atoms. The van der Waals surface area contributed by atoms with E-state index < -0.39 is 0 Å². The van der Waals surface area contributed by atoms with Crippen LogP contribution >= 0.6 is 0 Å². The molecular formula is C14H23N5O. The highest BCUT2D eigenvalue weighted by molar-refractivity contribution is 5.85. The molecule has 1 aromatic heterocycles. The smallest absolute Gasteiger partial charge is 0.242 e. The van der Waals surface area contributed by atoms with E-state index in [9.17, 15) is 4.79 Å². The van der Waals surface area contributed by atoms with Gasteiger partial charge in [0.1, 0.15) is 23.5 Å². The van der Waals surface area contributed by atoms with Crippen LogP contribution in [-0.4, -0.2) is 35.5 Å². The predicted octanol–water partition coefficient (Wildman–Crippen LogP) is 1.12. The summed E-state index contributed by atoms with van der Waals surface area (Å²) in [5, 5.41) is 2.73. The van der Waals surface area contributed by atoms with Gasteiger partial charge in [0.05, 0.1) is 0 Å². The first kappa shape index (κ1) is 14.6. The number of nitrogens with one attached hydrogen (secondary N) is 1. The molecule has 110 valence electrons. The van der Waals surface area contributed by atoms with Crippen LogP contribution < -0.4 is 16.0 Å². The summed E-state index contributed by atoms with van der Waals surface area (Å²) in [7, 11) is 1.67. The van der Waals surface area contributed by atoms with Crippen molar-refractivity contribution in [3.05, 3.63) is 11.9 Å². The van der Waals surface area contributed by atoms with E-state index in [-0.39, 0.29) is 11.9 Å². The number of nitrogens with two attached hydrogens (primary N) is 1. The van der Waals surface area contributed by atoms with Crippen LogP contribution in [-0.2, 0) is 11.2 Å². The van der Waals surface area contributed by atoms with Gasteiger partial charge >= 0.3 is 0 Å². The van der Waals surface area contributed by atoms with E-state index in [4.69, 9.17) is 5.73 Å². The lowest BCUT2D eigenvalue weighted by Crippen LogP contribution is -2.49. The summed E-state index contributed by atoms with van der Waals surface area (Å²) in [4.78, 5) is 22.9. The summed E-state index contributed by atoms with van der Waals surface area (Å²) in [6.07, 6.45) is 4.77. The number of aryl methyl sites for hydroxylation is 1. The van der Waals surface area contributed by atoms with Gasteiger partial charge in [-0.05, 0) is 25.7 Å². The quantitative estimate of drug-likeness (QED) is 0.861. The van der Waals surface area contributed by atoms with E-state index in [2.05, 4.69) is 27.1 Å². The fraction of sp³-hybridized carbons (Fsp3) is 0.643. The van der Waals surface area contributed by atoms with Crippen LogP contribution in [0.1, 0.15) is 38.4 Å². The Hall–Kier alpha value is -1.85. The molecule has 1 saturated heterocycles. The molecule has 0 radical (unpaired) electrons. The fourth-order valence-electron chi connectivity index (χ4n) is 2.63. The van der Waals surface area contributed by atoms with E-state index in [1.54, 1.807) is 13.1 Å². The topological polar surface area (TPSA) is 84.1 Å². The Morgan fingerprint density at radius 1 is 1.50 bits per heavy atom. The van der Waals surface area contributed by atoms with Crippen molar-refractivity contribution in [3.63, 3.8) is 0 Å². The highest BCUT2D eigenvalue weighted by Crippen LogP contribution is 2.24. The monoisotopic (exact) mass is 277 g/mol. The number of aromatic nitrogens is 2. The Kier molecular flexibility index (Phi) is 4.76. The number of hydrogen-bond donors (Lipinski definition) is 2. The average molecular weight is 277 g/mol. The maximum absolute atomic E-state index is 12.0. The standard InChI is InChI=1S/C14H23N5O/c1-3-6-12-17-11(15)9-13(18-12)19-8-5-4-7-10(19)14(20)16-2/h9-10H,3-8H2,1-2H3,(H,16,20)(H2,15,17,18). The second kappa shape index (κ2) is 6.54. The number of hydrogen-bond acceptors (Lipinski definition) is 5. The van der Waals surface area contributed by atoms with Crippen LogP contribution in [0.4, 0.5) is 11.6 Å². The molecule has 1 amide bonds. The van der Waals surface area contributed by atoms with Gasteiger partial charge in [0.2, 0.25) is 5.91 Å². The number of carbonyl (C=O) groups is 1. The number of rotatable bonds is 4. The van der Waals surface area contributed by atoms with Crippen molar-refractivity contribution >= 4 is 17.5 Å². The minimum Gasteiger partial charge on any atom is -0.384 e. The van der Waals surface area contributed by atoms with Crippen LogP contribution in [0.5, 0.6) is 0 Å². The lowest BCUT2D eigenvalue weighted by Gasteiger charge is -2.35. The second-order valence-corrected chi connectivity index (χ2v) is 5.14. The van der Waals surface area contributed by atoms with Crippen molar-refractivity contribution in [2.24, 2.45) is 0 Å². The lowest BCUT2D eigenvalue weighted by atomic mass is 10.0. The molecular weight excluding hydrogens is 254 g/mol. The normalized spacial score (nSPS) is 18.9. The van der Waals surface area contributed by atoms with E-state index >= 15 is 0 Å². The zero-order valence-corrected chi connectivity index (χ0v) is 12.2. The third-order valence-corrected chi connectivity index (χ3v) is 3.60. The molecule has 1 unspecified atom stereocenters. The summed E-state index contributed by atoms with van der Waals surface area (Å²) < 4.78 is 0. The number of nitrogen functional groups attached to an aromatic ring is 1. The fourth-order valence-corrected chi connectivity index (χ4v) is 2.63. The number of piperidine rings is 1. The maximum atomic E-state index is 12.0.